The number of nitrogens with one attached hydrogen (secondary N) is 1. The number of nitro benzene ring substituents is 1. The number of carbonyl (C=O) groups is 1. The Morgan fingerprint density at radius 2 is 1.81 bits per heavy atom. The van der Waals surface area contributed by atoms with Crippen molar-refractivity contribution in [2.75, 3.05) is 19.5 Å². The van der Waals surface area contributed by atoms with Gasteiger partial charge in [-0.25, -0.2) is 0 Å². The molecule has 1 aliphatic rings. The highest BCUT2D eigenvalue weighted by atomic mass is 16.6. The van der Waals surface area contributed by atoms with Gasteiger partial charge in [-0.1, -0.05) is 12.1 Å². The van der Waals surface area contributed by atoms with Gasteiger partial charge in [0.1, 0.15) is 23.4 Å². The van der Waals surface area contributed by atoms with E-state index in [1.165, 1.54) is 13.2 Å². The molecule has 1 aromatic heterocycles. The van der Waals surface area contributed by atoms with Crippen LogP contribution in [-0.4, -0.2) is 34.9 Å². The van der Waals surface area contributed by atoms with Crippen molar-refractivity contribution in [1.29, 1.82) is 0 Å². The molecule has 31 heavy (non-hydrogen) atoms. The molecule has 1 aliphatic heterocycles. The van der Waals surface area contributed by atoms with E-state index in [-0.39, 0.29) is 17.3 Å². The summed E-state index contributed by atoms with van der Waals surface area (Å²) in [4.78, 5) is 30.2. The molecule has 2 aromatic carbocycles. The molecule has 2 heterocycles. The molecule has 0 unspecified atom stereocenters. The Hall–Kier alpha value is -4.14. The number of hydrogen-bond acceptors (Lipinski definition) is 7. The van der Waals surface area contributed by atoms with Gasteiger partial charge in [0.25, 0.3) is 11.6 Å². The van der Waals surface area contributed by atoms with Crippen molar-refractivity contribution < 1.29 is 19.2 Å². The zero-order valence-corrected chi connectivity index (χ0v) is 16.9. The summed E-state index contributed by atoms with van der Waals surface area (Å²) < 4.78 is 10.3. The lowest BCUT2D eigenvalue weighted by atomic mass is 10.2. The van der Waals surface area contributed by atoms with E-state index in [1.807, 2.05) is 24.3 Å². The first-order chi connectivity index (χ1) is 15.0. The smallest absolute Gasteiger partial charge is 0.296 e. The van der Waals surface area contributed by atoms with Gasteiger partial charge in [-0.15, -0.1) is 0 Å². The summed E-state index contributed by atoms with van der Waals surface area (Å²) in [6.45, 7) is 0.292. The molecule has 0 aliphatic carbocycles. The van der Waals surface area contributed by atoms with Gasteiger partial charge in [-0.3, -0.25) is 19.9 Å². The predicted molar refractivity (Wildman–Crippen MR) is 113 cm³/mol. The van der Waals surface area contributed by atoms with E-state index in [9.17, 15) is 14.9 Å². The molecule has 4 rings (SSSR count). The first kappa shape index (κ1) is 20.1. The first-order valence-corrected chi connectivity index (χ1v) is 9.49. The predicted octanol–water partition coefficient (Wildman–Crippen LogP) is 3.77. The Morgan fingerprint density at radius 1 is 1.10 bits per heavy atom. The number of aromatic nitrogens is 1. The van der Waals surface area contributed by atoms with Crippen LogP contribution in [0.4, 0.5) is 11.4 Å². The Kier molecular flexibility index (Phi) is 5.40. The van der Waals surface area contributed by atoms with E-state index in [4.69, 9.17) is 9.47 Å². The van der Waals surface area contributed by atoms with E-state index >= 15 is 0 Å². The number of methoxy groups -OCH3 is 2. The van der Waals surface area contributed by atoms with Crippen LogP contribution in [0.15, 0.2) is 60.8 Å². The minimum atomic E-state index is -0.669. The maximum Gasteiger partial charge on any atom is 0.296 e. The van der Waals surface area contributed by atoms with Crippen molar-refractivity contribution >= 4 is 17.3 Å². The lowest BCUT2D eigenvalue weighted by molar-refractivity contribution is -0.384. The second kappa shape index (κ2) is 8.31. The summed E-state index contributed by atoms with van der Waals surface area (Å²) in [5.74, 6) is 0.880. The molecular weight excluding hydrogens is 400 g/mol. The maximum atomic E-state index is 13.1. The number of hydrogen-bond donors (Lipinski definition) is 1. The number of rotatable bonds is 7. The average molecular weight is 420 g/mol. The Bertz CT molecular complexity index is 1130. The number of nitro groups is 1. The lowest BCUT2D eigenvalue weighted by Gasteiger charge is -2.26. The van der Waals surface area contributed by atoms with Crippen LogP contribution in [0, 0.1) is 10.1 Å². The Labute approximate surface area is 178 Å². The van der Waals surface area contributed by atoms with Gasteiger partial charge in [0.2, 0.25) is 0 Å². The highest BCUT2D eigenvalue weighted by molar-refractivity contribution is 5.99. The van der Waals surface area contributed by atoms with Crippen molar-refractivity contribution in [3.8, 4) is 11.5 Å². The molecule has 9 heteroatoms. The molecule has 0 radical (unpaired) electrons. The van der Waals surface area contributed by atoms with Crippen molar-refractivity contribution in [2.45, 2.75) is 12.7 Å². The van der Waals surface area contributed by atoms with E-state index in [1.54, 1.807) is 42.5 Å². The minimum absolute atomic E-state index is 0.152. The standard InChI is InChI=1S/C22H20N4O5/c1-30-15-7-5-14(6-8-15)13-25-21(20-17(22(25)27)4-3-11-23-20)24-18-10-9-16(31-2)12-19(18)26(28)29/h3-12,21,24H,13H2,1-2H3/t21-/m1/s1. The molecule has 1 atom stereocenters. The number of carbonyl (C=O) groups excluding carboxylic acids is 1. The number of anilines is 1. The van der Waals surface area contributed by atoms with Crippen molar-refractivity contribution in [3.05, 3.63) is 87.7 Å². The molecule has 0 fully saturated rings. The van der Waals surface area contributed by atoms with Gasteiger partial charge in [0.15, 0.2) is 0 Å². The van der Waals surface area contributed by atoms with E-state index < -0.39 is 11.1 Å². The van der Waals surface area contributed by atoms with Crippen molar-refractivity contribution in [1.82, 2.24) is 9.88 Å². The summed E-state index contributed by atoms with van der Waals surface area (Å²) >= 11 is 0. The molecular formula is C22H20N4O5. The van der Waals surface area contributed by atoms with Gasteiger partial charge in [0.05, 0.1) is 36.5 Å². The second-order valence-electron chi connectivity index (χ2n) is 6.90. The molecule has 158 valence electrons. The summed E-state index contributed by atoms with van der Waals surface area (Å²) in [5.41, 5.74) is 1.98. The fourth-order valence-electron chi connectivity index (χ4n) is 3.53. The molecule has 0 bridgehead atoms. The largest absolute Gasteiger partial charge is 0.497 e. The van der Waals surface area contributed by atoms with E-state index in [0.29, 0.717) is 29.3 Å². The second-order valence-corrected chi connectivity index (χ2v) is 6.90. The number of benzene rings is 2. The third-order valence-electron chi connectivity index (χ3n) is 5.11. The molecule has 3 aromatic rings. The SMILES string of the molecule is COc1ccc(CN2C(=O)c3cccnc3[C@@H]2Nc2ccc(OC)cc2[N+](=O)[O-])cc1. The fraction of sp³-hybridized carbons (Fsp3) is 0.182. The molecule has 1 amide bonds. The Balaban J connectivity index is 1.70. The van der Waals surface area contributed by atoms with Crippen LogP contribution in [0.3, 0.4) is 0 Å². The van der Waals surface area contributed by atoms with Crippen LogP contribution < -0.4 is 14.8 Å². The maximum absolute atomic E-state index is 13.1. The lowest BCUT2D eigenvalue weighted by Crippen LogP contribution is -2.32. The van der Waals surface area contributed by atoms with Crippen LogP contribution in [0.1, 0.15) is 27.8 Å². The topological polar surface area (TPSA) is 107 Å². The Morgan fingerprint density at radius 3 is 2.48 bits per heavy atom. The molecule has 0 saturated carbocycles. The van der Waals surface area contributed by atoms with Crippen LogP contribution >= 0.6 is 0 Å². The van der Waals surface area contributed by atoms with Crippen molar-refractivity contribution in [3.63, 3.8) is 0 Å². The first-order valence-electron chi connectivity index (χ1n) is 9.49. The van der Waals surface area contributed by atoms with Gasteiger partial charge in [-0.05, 0) is 42.0 Å². The van der Waals surface area contributed by atoms with Crippen LogP contribution in [0.2, 0.25) is 0 Å². The number of amides is 1. The van der Waals surface area contributed by atoms with Crippen LogP contribution in [0.25, 0.3) is 0 Å². The van der Waals surface area contributed by atoms with Crippen molar-refractivity contribution in [2.24, 2.45) is 0 Å². The van der Waals surface area contributed by atoms with Gasteiger partial charge in [-0.2, -0.15) is 0 Å². The summed E-state index contributed by atoms with van der Waals surface area (Å²) in [7, 11) is 3.03. The van der Waals surface area contributed by atoms with Crippen LogP contribution in [-0.2, 0) is 6.54 Å². The third-order valence-corrected chi connectivity index (χ3v) is 5.11. The fourth-order valence-corrected chi connectivity index (χ4v) is 3.53. The number of pyridine rings is 1. The molecule has 0 saturated heterocycles. The quantitative estimate of drug-likeness (QED) is 0.458. The van der Waals surface area contributed by atoms with Gasteiger partial charge in [0, 0.05) is 12.7 Å². The molecule has 0 spiro atoms. The highest BCUT2D eigenvalue weighted by Crippen LogP contribution is 2.37. The average Bonchev–Trinajstić information content (AvgIpc) is 3.05. The molecule has 9 nitrogen and oxygen atoms in total. The highest BCUT2D eigenvalue weighted by Gasteiger charge is 2.38. The number of fused-ring (bicyclic) bond motifs is 1. The summed E-state index contributed by atoms with van der Waals surface area (Å²) in [6, 6.07) is 15.3. The zero-order valence-electron chi connectivity index (χ0n) is 16.9. The zero-order chi connectivity index (χ0) is 22.0. The summed E-state index contributed by atoms with van der Waals surface area (Å²) in [6.07, 6.45) is 0.929. The van der Waals surface area contributed by atoms with Gasteiger partial charge < -0.3 is 19.7 Å². The monoisotopic (exact) mass is 420 g/mol. The summed E-state index contributed by atoms with van der Waals surface area (Å²) in [5, 5.41) is 14.8. The minimum Gasteiger partial charge on any atom is -0.497 e. The normalized spacial score (nSPS) is 14.8. The van der Waals surface area contributed by atoms with E-state index in [2.05, 4.69) is 10.3 Å². The van der Waals surface area contributed by atoms with Crippen LogP contribution in [0.5, 0.6) is 11.5 Å². The molecule has 1 N–H and O–H groups in total. The number of ether oxygens (including phenoxy) is 2. The van der Waals surface area contributed by atoms with Gasteiger partial charge >= 0.3 is 0 Å². The number of nitrogens with zero attached hydrogens (tertiary/aromatic N) is 3. The third kappa shape index (κ3) is 3.85. The van der Waals surface area contributed by atoms with E-state index in [0.717, 1.165) is 5.56 Å².